The Morgan fingerprint density at radius 3 is 2.21 bits per heavy atom. The lowest BCUT2D eigenvalue weighted by Gasteiger charge is -2.21. The molecule has 2 aromatic carbocycles. The number of rotatable bonds is 6. The minimum Gasteiger partial charge on any atom is -0.497 e. The maximum atomic E-state index is 5.32. The van der Waals surface area contributed by atoms with Gasteiger partial charge in [0.15, 0.2) is 5.84 Å². The van der Waals surface area contributed by atoms with Gasteiger partial charge in [0.25, 0.3) is 5.96 Å². The second-order valence-corrected chi connectivity index (χ2v) is 8.39. The first-order chi connectivity index (χ1) is 16.4. The molecular formula is C27H32N6O. The molecule has 0 spiro atoms. The Morgan fingerprint density at radius 1 is 0.941 bits per heavy atom. The summed E-state index contributed by atoms with van der Waals surface area (Å²) >= 11 is 0. The van der Waals surface area contributed by atoms with Crippen LogP contribution in [0.1, 0.15) is 41.9 Å². The van der Waals surface area contributed by atoms with E-state index in [1.165, 1.54) is 5.69 Å². The van der Waals surface area contributed by atoms with Gasteiger partial charge >= 0.3 is 0 Å². The summed E-state index contributed by atoms with van der Waals surface area (Å²) in [4.78, 5) is 17.0. The smallest absolute Gasteiger partial charge is 0.253 e. The van der Waals surface area contributed by atoms with Gasteiger partial charge in [0.2, 0.25) is 0 Å². The van der Waals surface area contributed by atoms with Gasteiger partial charge in [-0.05, 0) is 95.1 Å². The molecule has 0 saturated carbocycles. The van der Waals surface area contributed by atoms with E-state index in [2.05, 4.69) is 55.9 Å². The molecule has 1 aromatic heterocycles. The number of aliphatic imine (C=N–C) groups is 3. The van der Waals surface area contributed by atoms with Crippen molar-refractivity contribution in [1.82, 2.24) is 9.78 Å². The molecule has 0 amide bonds. The molecule has 0 unspecified atom stereocenters. The fraction of sp³-hybridized carbons (Fsp3) is 0.333. The van der Waals surface area contributed by atoms with Gasteiger partial charge in [-0.25, -0.2) is 14.7 Å². The van der Waals surface area contributed by atoms with Crippen LogP contribution in [0.5, 0.6) is 5.75 Å². The Hall–Kier alpha value is -3.74. The van der Waals surface area contributed by atoms with Gasteiger partial charge in [0.05, 0.1) is 18.5 Å². The summed E-state index contributed by atoms with van der Waals surface area (Å²) < 4.78 is 7.12. The SMILES string of the molecule is CCN(CC)c1ccc(N=C2N=C(n3nc(C)c(C)c3C)N=C2c2ccc(OC)cc2)c(C)c1. The molecule has 0 saturated heterocycles. The van der Waals surface area contributed by atoms with E-state index in [0.717, 1.165) is 58.3 Å². The van der Waals surface area contributed by atoms with E-state index in [1.54, 1.807) is 11.8 Å². The van der Waals surface area contributed by atoms with Crippen LogP contribution in [0.25, 0.3) is 0 Å². The van der Waals surface area contributed by atoms with E-state index >= 15 is 0 Å². The summed E-state index contributed by atoms with van der Waals surface area (Å²) in [5.74, 6) is 1.89. The molecule has 0 aliphatic carbocycles. The van der Waals surface area contributed by atoms with Crippen molar-refractivity contribution in [3.63, 3.8) is 0 Å². The minimum atomic E-state index is 0.524. The van der Waals surface area contributed by atoms with E-state index in [-0.39, 0.29) is 0 Å². The third kappa shape index (κ3) is 4.38. The monoisotopic (exact) mass is 456 g/mol. The van der Waals surface area contributed by atoms with Gasteiger partial charge in [-0.2, -0.15) is 10.1 Å². The van der Waals surface area contributed by atoms with Crippen LogP contribution in [0.4, 0.5) is 11.4 Å². The van der Waals surface area contributed by atoms with Crippen molar-refractivity contribution in [3.05, 3.63) is 70.5 Å². The van der Waals surface area contributed by atoms with Gasteiger partial charge in [0.1, 0.15) is 11.5 Å². The number of hydrogen-bond acceptors (Lipinski definition) is 5. The van der Waals surface area contributed by atoms with Crippen molar-refractivity contribution in [2.24, 2.45) is 15.0 Å². The lowest BCUT2D eigenvalue weighted by atomic mass is 10.1. The van der Waals surface area contributed by atoms with Gasteiger partial charge in [0, 0.05) is 30.0 Å². The number of ether oxygens (including phenoxy) is 1. The highest BCUT2D eigenvalue weighted by Crippen LogP contribution is 2.27. The zero-order valence-electron chi connectivity index (χ0n) is 21.0. The molecule has 176 valence electrons. The average Bonchev–Trinajstić information content (AvgIpc) is 3.37. The average molecular weight is 457 g/mol. The molecular weight excluding hydrogens is 424 g/mol. The summed E-state index contributed by atoms with van der Waals surface area (Å²) in [6.45, 7) is 14.4. The van der Waals surface area contributed by atoms with E-state index < -0.39 is 0 Å². The van der Waals surface area contributed by atoms with Crippen molar-refractivity contribution in [2.75, 3.05) is 25.1 Å². The summed E-state index contributed by atoms with van der Waals surface area (Å²) in [6, 6.07) is 14.2. The molecule has 3 aromatic rings. The summed E-state index contributed by atoms with van der Waals surface area (Å²) in [5.41, 5.74) is 7.94. The van der Waals surface area contributed by atoms with Gasteiger partial charge < -0.3 is 9.64 Å². The highest BCUT2D eigenvalue weighted by Gasteiger charge is 2.24. The molecule has 4 rings (SSSR count). The molecule has 7 heteroatoms. The van der Waals surface area contributed by atoms with Crippen molar-refractivity contribution in [2.45, 2.75) is 41.5 Å². The summed E-state index contributed by atoms with van der Waals surface area (Å²) in [7, 11) is 1.66. The van der Waals surface area contributed by atoms with Crippen LogP contribution in [-0.4, -0.2) is 47.5 Å². The maximum absolute atomic E-state index is 5.32. The van der Waals surface area contributed by atoms with Crippen molar-refractivity contribution < 1.29 is 4.74 Å². The lowest BCUT2D eigenvalue weighted by molar-refractivity contribution is 0.415. The topological polar surface area (TPSA) is 67.4 Å². The number of aromatic nitrogens is 2. The third-order valence-electron chi connectivity index (χ3n) is 6.37. The van der Waals surface area contributed by atoms with Crippen molar-refractivity contribution in [3.8, 4) is 5.75 Å². The highest BCUT2D eigenvalue weighted by molar-refractivity contribution is 6.53. The number of nitrogens with zero attached hydrogens (tertiary/aromatic N) is 6. The predicted molar refractivity (Wildman–Crippen MR) is 141 cm³/mol. The zero-order valence-corrected chi connectivity index (χ0v) is 21.0. The first-order valence-corrected chi connectivity index (χ1v) is 11.7. The second kappa shape index (κ2) is 9.63. The molecule has 34 heavy (non-hydrogen) atoms. The van der Waals surface area contributed by atoms with Gasteiger partial charge in [-0.15, -0.1) is 0 Å². The van der Waals surface area contributed by atoms with Crippen LogP contribution < -0.4 is 9.64 Å². The first kappa shape index (κ1) is 23.4. The second-order valence-electron chi connectivity index (χ2n) is 8.39. The number of benzene rings is 2. The Labute approximate surface area is 201 Å². The molecule has 0 bridgehead atoms. The van der Waals surface area contributed by atoms with Crippen molar-refractivity contribution >= 4 is 28.9 Å². The molecule has 0 radical (unpaired) electrons. The molecule has 2 heterocycles. The molecule has 0 atom stereocenters. The number of anilines is 1. The number of amidine groups is 1. The largest absolute Gasteiger partial charge is 0.497 e. The van der Waals surface area contributed by atoms with E-state index in [4.69, 9.17) is 19.7 Å². The van der Waals surface area contributed by atoms with E-state index in [9.17, 15) is 0 Å². The standard InChI is InChI=1S/C27H32N6O/c1-8-32(9-2)22-12-15-24(17(3)16-22)28-26-25(21-10-13-23(34-7)14-11-21)29-27(30-26)33-20(6)18(4)19(5)31-33/h10-16H,8-9H2,1-7H3. The zero-order chi connectivity index (χ0) is 24.4. The normalized spacial score (nSPS) is 14.4. The molecule has 7 nitrogen and oxygen atoms in total. The Bertz CT molecular complexity index is 1290. The predicted octanol–water partition coefficient (Wildman–Crippen LogP) is 5.41. The quantitative estimate of drug-likeness (QED) is 0.498. The Kier molecular flexibility index (Phi) is 6.63. The fourth-order valence-electron chi connectivity index (χ4n) is 4.02. The molecule has 0 fully saturated rings. The maximum Gasteiger partial charge on any atom is 0.253 e. The van der Waals surface area contributed by atoms with Crippen LogP contribution in [0.15, 0.2) is 57.4 Å². The van der Waals surface area contributed by atoms with Crippen LogP contribution in [0.3, 0.4) is 0 Å². The van der Waals surface area contributed by atoms with Gasteiger partial charge in [-0.1, -0.05) is 0 Å². The first-order valence-electron chi connectivity index (χ1n) is 11.7. The summed E-state index contributed by atoms with van der Waals surface area (Å²) in [5, 5.41) is 4.65. The van der Waals surface area contributed by atoms with Gasteiger partial charge in [-0.3, -0.25) is 0 Å². The fourth-order valence-corrected chi connectivity index (χ4v) is 4.02. The van der Waals surface area contributed by atoms with Crippen LogP contribution in [-0.2, 0) is 0 Å². The van der Waals surface area contributed by atoms with Crippen LogP contribution in [0.2, 0.25) is 0 Å². The molecule has 1 aliphatic heterocycles. The molecule has 1 aliphatic rings. The van der Waals surface area contributed by atoms with Crippen molar-refractivity contribution in [1.29, 1.82) is 0 Å². The number of aryl methyl sites for hydroxylation is 2. The Balaban J connectivity index is 1.80. The van der Waals surface area contributed by atoms with Crippen LogP contribution in [0, 0.1) is 27.7 Å². The molecule has 0 N–H and O–H groups in total. The Morgan fingerprint density at radius 2 is 1.65 bits per heavy atom. The van der Waals surface area contributed by atoms with E-state index in [0.29, 0.717) is 11.8 Å². The number of methoxy groups -OCH3 is 1. The lowest BCUT2D eigenvalue weighted by Crippen LogP contribution is -2.21. The van der Waals surface area contributed by atoms with Crippen LogP contribution >= 0.6 is 0 Å². The number of hydrogen-bond donors (Lipinski definition) is 0. The highest BCUT2D eigenvalue weighted by atomic mass is 16.5. The minimum absolute atomic E-state index is 0.524. The van der Waals surface area contributed by atoms with E-state index in [1.807, 2.05) is 38.1 Å². The summed E-state index contributed by atoms with van der Waals surface area (Å²) in [6.07, 6.45) is 0. The third-order valence-corrected chi connectivity index (χ3v) is 6.37.